The highest BCUT2D eigenvalue weighted by molar-refractivity contribution is 7.89. The Morgan fingerprint density at radius 2 is 2.22 bits per heavy atom. The topological polar surface area (TPSA) is 101 Å². The minimum Gasteiger partial charge on any atom is -0.346 e. The fourth-order valence-electron chi connectivity index (χ4n) is 1.71. The van der Waals surface area contributed by atoms with Crippen LogP contribution in [-0.2, 0) is 16.6 Å². The van der Waals surface area contributed by atoms with Crippen molar-refractivity contribution < 1.29 is 8.42 Å². The minimum atomic E-state index is -3.25. The van der Waals surface area contributed by atoms with E-state index in [1.54, 1.807) is 12.4 Å². The summed E-state index contributed by atoms with van der Waals surface area (Å²) in [7, 11) is -3.25. The van der Waals surface area contributed by atoms with E-state index in [0.29, 0.717) is 13.0 Å². The Morgan fingerprint density at radius 1 is 1.39 bits per heavy atom. The van der Waals surface area contributed by atoms with Crippen LogP contribution in [-0.4, -0.2) is 30.7 Å². The van der Waals surface area contributed by atoms with Crippen LogP contribution in [0.5, 0.6) is 0 Å². The van der Waals surface area contributed by atoms with Crippen LogP contribution in [0.4, 0.5) is 0 Å². The van der Waals surface area contributed by atoms with Gasteiger partial charge in [-0.3, -0.25) is 0 Å². The van der Waals surface area contributed by atoms with E-state index in [-0.39, 0.29) is 12.3 Å². The van der Waals surface area contributed by atoms with Crippen LogP contribution < -0.4 is 10.5 Å². The van der Waals surface area contributed by atoms with Gasteiger partial charge < -0.3 is 10.7 Å². The highest BCUT2D eigenvalue weighted by Gasteiger charge is 2.10. The van der Waals surface area contributed by atoms with Gasteiger partial charge in [-0.2, -0.15) is 0 Å². The van der Waals surface area contributed by atoms with Crippen molar-refractivity contribution in [3.05, 3.63) is 30.1 Å². The molecule has 2 aromatic rings. The Labute approximate surface area is 106 Å². The first-order chi connectivity index (χ1) is 8.62. The lowest BCUT2D eigenvalue weighted by molar-refractivity contribution is 0.579. The van der Waals surface area contributed by atoms with Crippen molar-refractivity contribution in [3.63, 3.8) is 0 Å². The lowest BCUT2D eigenvalue weighted by atomic mass is 10.2. The van der Waals surface area contributed by atoms with Crippen LogP contribution in [0.2, 0.25) is 0 Å². The van der Waals surface area contributed by atoms with Gasteiger partial charge in [0.15, 0.2) is 0 Å². The molecule has 0 aromatic carbocycles. The fraction of sp³-hybridized carbons (Fsp3) is 0.364. The summed E-state index contributed by atoms with van der Waals surface area (Å²) in [5.41, 5.74) is 6.96. The van der Waals surface area contributed by atoms with Gasteiger partial charge in [-0.25, -0.2) is 18.1 Å². The number of fused-ring (bicyclic) bond motifs is 1. The normalized spacial score (nSPS) is 12.1. The average molecular weight is 268 g/mol. The molecule has 0 saturated carbocycles. The van der Waals surface area contributed by atoms with Crippen molar-refractivity contribution >= 4 is 21.1 Å². The number of aromatic nitrogens is 2. The molecule has 0 aliphatic heterocycles. The molecule has 0 unspecified atom stereocenters. The number of rotatable bonds is 6. The van der Waals surface area contributed by atoms with Crippen LogP contribution in [0.3, 0.4) is 0 Å². The maximum atomic E-state index is 11.6. The lowest BCUT2D eigenvalue weighted by Gasteiger charge is -2.06. The molecule has 0 saturated heterocycles. The quantitative estimate of drug-likeness (QED) is 0.702. The number of aromatic amines is 1. The van der Waals surface area contributed by atoms with Gasteiger partial charge in [-0.1, -0.05) is 0 Å². The summed E-state index contributed by atoms with van der Waals surface area (Å²) in [4.78, 5) is 7.13. The summed E-state index contributed by atoms with van der Waals surface area (Å²) >= 11 is 0. The summed E-state index contributed by atoms with van der Waals surface area (Å²) < 4.78 is 25.9. The Kier molecular flexibility index (Phi) is 3.95. The second-order valence-electron chi connectivity index (χ2n) is 3.99. The van der Waals surface area contributed by atoms with E-state index in [9.17, 15) is 8.42 Å². The van der Waals surface area contributed by atoms with Crippen molar-refractivity contribution in [1.29, 1.82) is 0 Å². The Morgan fingerprint density at radius 3 is 3.00 bits per heavy atom. The SMILES string of the molecule is NCCCS(=O)(=O)NCc1ccnc2[nH]ccc12. The standard InChI is InChI=1S/C11H16N4O2S/c12-4-1-7-18(16,17)15-8-9-2-5-13-11-10(9)3-6-14-11/h2-3,5-6,15H,1,4,7-8,12H2,(H,13,14). The molecule has 2 aromatic heterocycles. The summed E-state index contributed by atoms with van der Waals surface area (Å²) in [5, 5.41) is 0.930. The summed E-state index contributed by atoms with van der Waals surface area (Å²) in [6, 6.07) is 3.69. The van der Waals surface area contributed by atoms with Crippen LogP contribution in [0.1, 0.15) is 12.0 Å². The molecule has 7 heteroatoms. The first-order valence-corrected chi connectivity index (χ1v) is 7.36. The first kappa shape index (κ1) is 13.0. The van der Waals surface area contributed by atoms with E-state index in [0.717, 1.165) is 16.6 Å². The number of nitrogens with zero attached hydrogens (tertiary/aromatic N) is 1. The largest absolute Gasteiger partial charge is 0.346 e. The monoisotopic (exact) mass is 268 g/mol. The Hall–Kier alpha value is -1.44. The number of hydrogen-bond acceptors (Lipinski definition) is 4. The van der Waals surface area contributed by atoms with Gasteiger partial charge >= 0.3 is 0 Å². The molecule has 0 aliphatic carbocycles. The third kappa shape index (κ3) is 3.06. The molecule has 2 rings (SSSR count). The second kappa shape index (κ2) is 5.47. The van der Waals surface area contributed by atoms with Crippen LogP contribution in [0.25, 0.3) is 11.0 Å². The van der Waals surface area contributed by atoms with Gasteiger partial charge in [0.1, 0.15) is 5.65 Å². The zero-order valence-corrected chi connectivity index (χ0v) is 10.7. The molecule has 0 bridgehead atoms. The molecule has 18 heavy (non-hydrogen) atoms. The van der Waals surface area contributed by atoms with Crippen LogP contribution in [0.15, 0.2) is 24.5 Å². The van der Waals surface area contributed by atoms with Crippen molar-refractivity contribution in [3.8, 4) is 0 Å². The molecule has 6 nitrogen and oxygen atoms in total. The van der Waals surface area contributed by atoms with E-state index in [2.05, 4.69) is 14.7 Å². The molecule has 0 radical (unpaired) electrons. The lowest BCUT2D eigenvalue weighted by Crippen LogP contribution is -2.27. The Balaban J connectivity index is 2.08. The summed E-state index contributed by atoms with van der Waals surface area (Å²) in [5.74, 6) is 0.0604. The highest BCUT2D eigenvalue weighted by atomic mass is 32.2. The maximum Gasteiger partial charge on any atom is 0.211 e. The number of hydrogen-bond donors (Lipinski definition) is 3. The molecule has 0 fully saturated rings. The van der Waals surface area contributed by atoms with E-state index in [1.165, 1.54) is 0 Å². The van der Waals surface area contributed by atoms with E-state index in [1.807, 2.05) is 12.1 Å². The van der Waals surface area contributed by atoms with Crippen LogP contribution >= 0.6 is 0 Å². The highest BCUT2D eigenvalue weighted by Crippen LogP contribution is 2.14. The number of nitrogens with two attached hydrogens (primary N) is 1. The minimum absolute atomic E-state index is 0.0604. The van der Waals surface area contributed by atoms with Crippen LogP contribution in [0, 0.1) is 0 Å². The number of pyridine rings is 1. The zero-order chi connectivity index (χ0) is 13.0. The van der Waals surface area contributed by atoms with Gasteiger partial charge in [-0.15, -0.1) is 0 Å². The predicted octanol–water partition coefficient (Wildman–Crippen LogP) is 0.331. The number of H-pyrrole nitrogens is 1. The van der Waals surface area contributed by atoms with E-state index < -0.39 is 10.0 Å². The molecule has 0 aliphatic rings. The molecule has 4 N–H and O–H groups in total. The third-order valence-corrected chi connectivity index (χ3v) is 4.06. The third-order valence-electron chi connectivity index (χ3n) is 2.65. The van der Waals surface area contributed by atoms with Gasteiger partial charge in [-0.05, 0) is 30.7 Å². The van der Waals surface area contributed by atoms with E-state index >= 15 is 0 Å². The van der Waals surface area contributed by atoms with Gasteiger partial charge in [0.05, 0.1) is 5.75 Å². The summed E-state index contributed by atoms with van der Waals surface area (Å²) in [6.07, 6.45) is 3.90. The molecular formula is C11H16N4O2S. The van der Waals surface area contributed by atoms with Crippen molar-refractivity contribution in [2.75, 3.05) is 12.3 Å². The second-order valence-corrected chi connectivity index (χ2v) is 5.92. The zero-order valence-electron chi connectivity index (χ0n) is 9.89. The average Bonchev–Trinajstić information content (AvgIpc) is 2.82. The molecule has 98 valence electrons. The smallest absolute Gasteiger partial charge is 0.211 e. The molecule has 0 spiro atoms. The van der Waals surface area contributed by atoms with Crippen molar-refractivity contribution in [1.82, 2.24) is 14.7 Å². The number of nitrogens with one attached hydrogen (secondary N) is 2. The van der Waals surface area contributed by atoms with Gasteiger partial charge in [0, 0.05) is 24.3 Å². The molecule has 0 atom stereocenters. The van der Waals surface area contributed by atoms with E-state index in [4.69, 9.17) is 5.73 Å². The van der Waals surface area contributed by atoms with Gasteiger partial charge in [0.25, 0.3) is 0 Å². The van der Waals surface area contributed by atoms with Gasteiger partial charge in [0.2, 0.25) is 10.0 Å². The first-order valence-electron chi connectivity index (χ1n) is 5.71. The Bertz CT molecular complexity index is 621. The predicted molar refractivity (Wildman–Crippen MR) is 70.4 cm³/mol. The van der Waals surface area contributed by atoms with Crippen molar-refractivity contribution in [2.24, 2.45) is 5.73 Å². The summed E-state index contributed by atoms with van der Waals surface area (Å²) in [6.45, 7) is 0.641. The number of sulfonamides is 1. The maximum absolute atomic E-state index is 11.6. The molecule has 2 heterocycles. The molecular weight excluding hydrogens is 252 g/mol. The van der Waals surface area contributed by atoms with Crippen molar-refractivity contribution in [2.45, 2.75) is 13.0 Å². The fourth-order valence-corrected chi connectivity index (χ4v) is 2.77. The molecule has 0 amide bonds.